The number of aromatic nitrogens is 1. The fourth-order valence-electron chi connectivity index (χ4n) is 3.13. The number of carbonyl (C=O) groups is 1. The van der Waals surface area contributed by atoms with Crippen LogP contribution in [-0.4, -0.2) is 56.4 Å². The van der Waals surface area contributed by atoms with Gasteiger partial charge < -0.3 is 23.8 Å². The molecule has 140 valence electrons. The Morgan fingerprint density at radius 3 is 2.46 bits per heavy atom. The van der Waals surface area contributed by atoms with Gasteiger partial charge >= 0.3 is 0 Å². The van der Waals surface area contributed by atoms with Crippen molar-refractivity contribution in [2.45, 2.75) is 19.8 Å². The van der Waals surface area contributed by atoms with Crippen molar-refractivity contribution in [2.24, 2.45) is 0 Å². The number of anilines is 1. The van der Waals surface area contributed by atoms with Crippen LogP contribution in [0.15, 0.2) is 28.8 Å². The predicted octanol–water partition coefficient (Wildman–Crippen LogP) is 2.28. The van der Waals surface area contributed by atoms with Gasteiger partial charge in [0.25, 0.3) is 0 Å². The topological polar surface area (TPSA) is 68.0 Å². The lowest BCUT2D eigenvalue weighted by atomic mass is 10.1. The molecule has 0 atom stereocenters. The molecular formula is C19H25N3O4. The van der Waals surface area contributed by atoms with Crippen molar-refractivity contribution >= 4 is 11.7 Å². The van der Waals surface area contributed by atoms with Crippen molar-refractivity contribution in [2.75, 3.05) is 45.3 Å². The quantitative estimate of drug-likeness (QED) is 0.788. The first-order chi connectivity index (χ1) is 12.6. The molecule has 0 aliphatic carbocycles. The molecule has 0 radical (unpaired) electrons. The van der Waals surface area contributed by atoms with Gasteiger partial charge in [0, 0.05) is 38.7 Å². The maximum atomic E-state index is 12.5. The van der Waals surface area contributed by atoms with Crippen LogP contribution >= 0.6 is 0 Å². The summed E-state index contributed by atoms with van der Waals surface area (Å²) in [6.07, 6.45) is 1.17. The number of hydrogen-bond donors (Lipinski definition) is 0. The fraction of sp³-hybridized carbons (Fsp3) is 0.474. The molecule has 2 aromatic rings. The van der Waals surface area contributed by atoms with E-state index in [2.05, 4.69) is 10.1 Å². The van der Waals surface area contributed by atoms with Gasteiger partial charge in [0.15, 0.2) is 17.3 Å². The Morgan fingerprint density at radius 1 is 1.12 bits per heavy atom. The first-order valence-corrected chi connectivity index (χ1v) is 8.77. The SMILES string of the molecule is COc1ccc(CCC(=O)N2CCN(c3cc(C)on3)CC2)cc1OC. The Hall–Kier alpha value is -2.70. The number of aryl methyl sites for hydroxylation is 2. The Bertz CT molecular complexity index is 751. The van der Waals surface area contributed by atoms with E-state index in [1.165, 1.54) is 0 Å². The van der Waals surface area contributed by atoms with Crippen molar-refractivity contribution in [1.82, 2.24) is 10.1 Å². The number of ether oxygens (including phenoxy) is 2. The molecule has 0 bridgehead atoms. The number of rotatable bonds is 6. The Balaban J connectivity index is 1.50. The Labute approximate surface area is 153 Å². The molecule has 0 N–H and O–H groups in total. The van der Waals surface area contributed by atoms with E-state index in [9.17, 15) is 4.79 Å². The summed E-state index contributed by atoms with van der Waals surface area (Å²) >= 11 is 0. The number of piperazine rings is 1. The highest BCUT2D eigenvalue weighted by molar-refractivity contribution is 5.76. The maximum absolute atomic E-state index is 12.5. The molecule has 1 aliphatic rings. The predicted molar refractivity (Wildman–Crippen MR) is 97.9 cm³/mol. The van der Waals surface area contributed by atoms with Crippen molar-refractivity contribution in [3.05, 3.63) is 35.6 Å². The van der Waals surface area contributed by atoms with Gasteiger partial charge in [-0.05, 0) is 31.0 Å². The zero-order valence-corrected chi connectivity index (χ0v) is 15.5. The molecule has 1 fully saturated rings. The highest BCUT2D eigenvalue weighted by Gasteiger charge is 2.22. The van der Waals surface area contributed by atoms with E-state index in [1.807, 2.05) is 36.1 Å². The fourth-order valence-corrected chi connectivity index (χ4v) is 3.13. The van der Waals surface area contributed by atoms with E-state index in [4.69, 9.17) is 14.0 Å². The van der Waals surface area contributed by atoms with E-state index in [1.54, 1.807) is 14.2 Å². The van der Waals surface area contributed by atoms with Crippen LogP contribution in [0.25, 0.3) is 0 Å². The minimum Gasteiger partial charge on any atom is -0.493 e. The van der Waals surface area contributed by atoms with Gasteiger partial charge in [0.2, 0.25) is 5.91 Å². The van der Waals surface area contributed by atoms with Gasteiger partial charge in [-0.1, -0.05) is 11.2 Å². The van der Waals surface area contributed by atoms with Crippen molar-refractivity contribution < 1.29 is 18.8 Å². The van der Waals surface area contributed by atoms with Crippen LogP contribution in [0.1, 0.15) is 17.7 Å². The monoisotopic (exact) mass is 359 g/mol. The van der Waals surface area contributed by atoms with Crippen LogP contribution in [-0.2, 0) is 11.2 Å². The van der Waals surface area contributed by atoms with E-state index in [-0.39, 0.29) is 5.91 Å². The molecule has 0 spiro atoms. The minimum atomic E-state index is 0.177. The summed E-state index contributed by atoms with van der Waals surface area (Å²) in [4.78, 5) is 16.6. The summed E-state index contributed by atoms with van der Waals surface area (Å²) in [6.45, 7) is 4.83. The average Bonchev–Trinajstić information content (AvgIpc) is 3.12. The van der Waals surface area contributed by atoms with Crippen molar-refractivity contribution in [3.8, 4) is 11.5 Å². The molecular weight excluding hydrogens is 334 g/mol. The minimum absolute atomic E-state index is 0.177. The van der Waals surface area contributed by atoms with Crippen LogP contribution < -0.4 is 14.4 Å². The lowest BCUT2D eigenvalue weighted by molar-refractivity contribution is -0.131. The second kappa shape index (κ2) is 8.12. The molecule has 26 heavy (non-hydrogen) atoms. The van der Waals surface area contributed by atoms with E-state index < -0.39 is 0 Å². The number of carbonyl (C=O) groups excluding carboxylic acids is 1. The number of nitrogens with zero attached hydrogens (tertiary/aromatic N) is 3. The smallest absolute Gasteiger partial charge is 0.223 e. The van der Waals surface area contributed by atoms with Crippen LogP contribution in [0.3, 0.4) is 0 Å². The van der Waals surface area contributed by atoms with Gasteiger partial charge in [-0.25, -0.2) is 0 Å². The van der Waals surface area contributed by atoms with Crippen molar-refractivity contribution in [3.63, 3.8) is 0 Å². The molecule has 7 nitrogen and oxygen atoms in total. The highest BCUT2D eigenvalue weighted by Crippen LogP contribution is 2.28. The maximum Gasteiger partial charge on any atom is 0.223 e. The van der Waals surface area contributed by atoms with E-state index in [0.717, 1.165) is 30.2 Å². The molecule has 1 aromatic heterocycles. The summed E-state index contributed by atoms with van der Waals surface area (Å²) in [5.41, 5.74) is 1.06. The lowest BCUT2D eigenvalue weighted by Crippen LogP contribution is -2.49. The summed E-state index contributed by atoms with van der Waals surface area (Å²) in [5.74, 6) is 3.21. The molecule has 0 saturated carbocycles. The molecule has 1 saturated heterocycles. The Morgan fingerprint density at radius 2 is 1.85 bits per heavy atom. The van der Waals surface area contributed by atoms with Gasteiger partial charge in [0.1, 0.15) is 5.76 Å². The first kappa shape index (κ1) is 18.1. The van der Waals surface area contributed by atoms with Gasteiger partial charge in [0.05, 0.1) is 14.2 Å². The number of methoxy groups -OCH3 is 2. The highest BCUT2D eigenvalue weighted by atomic mass is 16.5. The molecule has 0 unspecified atom stereocenters. The third-order valence-electron chi connectivity index (χ3n) is 4.65. The standard InChI is InChI=1S/C19H25N3O4/c1-14-12-18(20-26-14)21-8-10-22(11-9-21)19(23)7-5-15-4-6-16(24-2)17(13-15)25-3/h4,6,12-13H,5,7-11H2,1-3H3. The van der Waals surface area contributed by atoms with Crippen molar-refractivity contribution in [1.29, 1.82) is 0 Å². The molecule has 1 aromatic carbocycles. The normalized spacial score (nSPS) is 14.4. The lowest BCUT2D eigenvalue weighted by Gasteiger charge is -2.34. The number of benzene rings is 1. The third kappa shape index (κ3) is 4.09. The molecule has 1 aliphatic heterocycles. The second-order valence-corrected chi connectivity index (χ2v) is 6.35. The zero-order chi connectivity index (χ0) is 18.5. The first-order valence-electron chi connectivity index (χ1n) is 8.77. The van der Waals surface area contributed by atoms with E-state index >= 15 is 0 Å². The third-order valence-corrected chi connectivity index (χ3v) is 4.65. The molecule has 1 amide bonds. The zero-order valence-electron chi connectivity index (χ0n) is 15.5. The van der Waals surface area contributed by atoms with Crippen LogP contribution in [0.5, 0.6) is 11.5 Å². The Kier molecular flexibility index (Phi) is 5.65. The number of hydrogen-bond acceptors (Lipinski definition) is 6. The molecule has 2 heterocycles. The van der Waals surface area contributed by atoms with Crippen LogP contribution in [0.4, 0.5) is 5.82 Å². The largest absolute Gasteiger partial charge is 0.493 e. The summed E-state index contributed by atoms with van der Waals surface area (Å²) in [6, 6.07) is 7.70. The van der Waals surface area contributed by atoms with Gasteiger partial charge in [-0.2, -0.15) is 0 Å². The van der Waals surface area contributed by atoms with E-state index in [0.29, 0.717) is 37.4 Å². The van der Waals surface area contributed by atoms with Crippen LogP contribution in [0, 0.1) is 6.92 Å². The van der Waals surface area contributed by atoms with Crippen LogP contribution in [0.2, 0.25) is 0 Å². The second-order valence-electron chi connectivity index (χ2n) is 6.35. The summed E-state index contributed by atoms with van der Waals surface area (Å²) in [7, 11) is 3.23. The number of amides is 1. The summed E-state index contributed by atoms with van der Waals surface area (Å²) in [5, 5.41) is 4.04. The molecule has 7 heteroatoms. The average molecular weight is 359 g/mol. The van der Waals surface area contributed by atoms with Gasteiger partial charge in [-0.3, -0.25) is 4.79 Å². The van der Waals surface area contributed by atoms with Gasteiger partial charge in [-0.15, -0.1) is 0 Å². The summed E-state index contributed by atoms with van der Waals surface area (Å²) < 4.78 is 15.7. The molecule has 3 rings (SSSR count).